The average molecular weight is 307 g/mol. The van der Waals surface area contributed by atoms with Gasteiger partial charge in [0.2, 0.25) is 0 Å². The third kappa shape index (κ3) is 4.78. The summed E-state index contributed by atoms with van der Waals surface area (Å²) in [6, 6.07) is 2.66. The number of hydrogen-bond acceptors (Lipinski definition) is 3. The minimum absolute atomic E-state index is 0.103. The Morgan fingerprint density at radius 2 is 1.89 bits per heavy atom. The van der Waals surface area contributed by atoms with Crippen LogP contribution in [0.4, 0.5) is 10.5 Å². The SMILES string of the molecule is COC[C@@H](C)NC(=O)Nc1cc(Cl)c(OC)c(Cl)c1. The van der Waals surface area contributed by atoms with Crippen molar-refractivity contribution in [2.45, 2.75) is 13.0 Å². The smallest absolute Gasteiger partial charge is 0.319 e. The van der Waals surface area contributed by atoms with E-state index in [1.807, 2.05) is 6.92 Å². The summed E-state index contributed by atoms with van der Waals surface area (Å²) in [4.78, 5) is 11.7. The molecule has 1 aromatic rings. The number of benzene rings is 1. The van der Waals surface area contributed by atoms with Crippen molar-refractivity contribution in [2.24, 2.45) is 0 Å². The summed E-state index contributed by atoms with van der Waals surface area (Å²) < 4.78 is 9.95. The van der Waals surface area contributed by atoms with Gasteiger partial charge in [-0.2, -0.15) is 0 Å². The van der Waals surface area contributed by atoms with Crippen LogP contribution in [0.25, 0.3) is 0 Å². The third-order valence-electron chi connectivity index (χ3n) is 2.25. The predicted molar refractivity (Wildman–Crippen MR) is 76.5 cm³/mol. The van der Waals surface area contributed by atoms with E-state index >= 15 is 0 Å². The van der Waals surface area contributed by atoms with E-state index in [-0.39, 0.29) is 12.1 Å². The maximum Gasteiger partial charge on any atom is 0.319 e. The number of halogens is 2. The second-order valence-electron chi connectivity index (χ2n) is 3.93. The number of methoxy groups -OCH3 is 2. The molecule has 1 aromatic carbocycles. The molecule has 1 rings (SSSR count). The summed E-state index contributed by atoms with van der Waals surface area (Å²) in [5, 5.41) is 6.00. The highest BCUT2D eigenvalue weighted by Crippen LogP contribution is 2.35. The minimum Gasteiger partial charge on any atom is -0.494 e. The number of nitrogens with one attached hydrogen (secondary N) is 2. The van der Waals surface area contributed by atoms with Gasteiger partial charge in [-0.25, -0.2) is 4.79 Å². The van der Waals surface area contributed by atoms with Gasteiger partial charge >= 0.3 is 6.03 Å². The number of anilines is 1. The first-order valence-corrected chi connectivity index (χ1v) is 6.33. The molecule has 1 atom stereocenters. The van der Waals surface area contributed by atoms with Crippen LogP contribution in [-0.4, -0.2) is 32.9 Å². The monoisotopic (exact) mass is 306 g/mol. The van der Waals surface area contributed by atoms with Crippen LogP contribution in [0.2, 0.25) is 10.0 Å². The Labute approximate surface area is 122 Å². The largest absolute Gasteiger partial charge is 0.494 e. The molecule has 0 fully saturated rings. The molecule has 5 nitrogen and oxygen atoms in total. The number of carbonyl (C=O) groups excluding carboxylic acids is 1. The molecule has 0 spiro atoms. The van der Waals surface area contributed by atoms with Crippen LogP contribution >= 0.6 is 23.2 Å². The van der Waals surface area contributed by atoms with Crippen LogP contribution in [0.15, 0.2) is 12.1 Å². The second kappa shape index (κ2) is 7.43. The topological polar surface area (TPSA) is 59.6 Å². The number of hydrogen-bond donors (Lipinski definition) is 2. The Kier molecular flexibility index (Phi) is 6.21. The third-order valence-corrected chi connectivity index (χ3v) is 2.82. The molecule has 0 heterocycles. The average Bonchev–Trinajstić information content (AvgIpc) is 2.28. The summed E-state index contributed by atoms with van der Waals surface area (Å²) in [6.45, 7) is 2.26. The molecule has 7 heteroatoms. The molecule has 2 N–H and O–H groups in total. The predicted octanol–water partition coefficient (Wildman–Crippen LogP) is 3.16. The van der Waals surface area contributed by atoms with Crippen molar-refractivity contribution in [3.63, 3.8) is 0 Å². The zero-order valence-electron chi connectivity index (χ0n) is 10.9. The van der Waals surface area contributed by atoms with Crippen LogP contribution in [0.3, 0.4) is 0 Å². The first-order chi connectivity index (χ1) is 8.97. The fourth-order valence-corrected chi connectivity index (χ4v) is 2.15. The quantitative estimate of drug-likeness (QED) is 0.878. The van der Waals surface area contributed by atoms with Gasteiger partial charge in [-0.05, 0) is 19.1 Å². The van der Waals surface area contributed by atoms with Crippen molar-refractivity contribution in [3.8, 4) is 5.75 Å². The lowest BCUT2D eigenvalue weighted by Gasteiger charge is -2.14. The molecule has 0 aliphatic rings. The Morgan fingerprint density at radius 3 is 2.37 bits per heavy atom. The molecular weight excluding hydrogens is 291 g/mol. The molecule has 19 heavy (non-hydrogen) atoms. The Hall–Kier alpha value is -1.17. The van der Waals surface area contributed by atoms with Gasteiger partial charge in [-0.15, -0.1) is 0 Å². The molecule has 0 aromatic heterocycles. The van der Waals surface area contributed by atoms with Crippen molar-refractivity contribution < 1.29 is 14.3 Å². The van der Waals surface area contributed by atoms with E-state index in [1.165, 1.54) is 7.11 Å². The van der Waals surface area contributed by atoms with Gasteiger partial charge in [-0.3, -0.25) is 0 Å². The highest BCUT2D eigenvalue weighted by atomic mass is 35.5. The van der Waals surface area contributed by atoms with Gasteiger partial charge in [0.1, 0.15) is 0 Å². The molecule has 0 bridgehead atoms. The van der Waals surface area contributed by atoms with Gasteiger partial charge in [0.15, 0.2) is 5.75 Å². The number of ether oxygens (including phenoxy) is 2. The van der Waals surface area contributed by atoms with Gasteiger partial charge in [0, 0.05) is 12.8 Å². The maximum atomic E-state index is 11.7. The fraction of sp³-hybridized carbons (Fsp3) is 0.417. The highest BCUT2D eigenvalue weighted by molar-refractivity contribution is 6.37. The summed E-state index contributed by atoms with van der Waals surface area (Å²) in [5.41, 5.74) is 0.484. The zero-order chi connectivity index (χ0) is 14.4. The van der Waals surface area contributed by atoms with E-state index in [2.05, 4.69) is 10.6 Å². The van der Waals surface area contributed by atoms with Crippen molar-refractivity contribution >= 4 is 34.9 Å². The van der Waals surface area contributed by atoms with Crippen molar-refractivity contribution in [2.75, 3.05) is 26.1 Å². The summed E-state index contributed by atoms with van der Waals surface area (Å²) in [7, 11) is 3.04. The lowest BCUT2D eigenvalue weighted by Crippen LogP contribution is -2.38. The van der Waals surface area contributed by atoms with Crippen LogP contribution in [0, 0.1) is 0 Å². The highest BCUT2D eigenvalue weighted by Gasteiger charge is 2.11. The van der Waals surface area contributed by atoms with Crippen LogP contribution in [0.5, 0.6) is 5.75 Å². The number of amides is 2. The lowest BCUT2D eigenvalue weighted by atomic mass is 10.3. The van der Waals surface area contributed by atoms with Crippen molar-refractivity contribution in [1.82, 2.24) is 5.32 Å². The molecule has 0 saturated heterocycles. The number of carbonyl (C=O) groups is 1. The van der Waals surface area contributed by atoms with Gasteiger partial charge < -0.3 is 20.1 Å². The van der Waals surface area contributed by atoms with E-state index in [0.717, 1.165) is 0 Å². The van der Waals surface area contributed by atoms with E-state index in [4.69, 9.17) is 32.7 Å². The minimum atomic E-state index is -0.359. The molecule has 0 radical (unpaired) electrons. The second-order valence-corrected chi connectivity index (χ2v) is 4.74. The number of urea groups is 1. The molecule has 0 aliphatic carbocycles. The van der Waals surface area contributed by atoms with Gasteiger partial charge in [0.05, 0.1) is 29.8 Å². The molecule has 106 valence electrons. The maximum absolute atomic E-state index is 11.7. The van der Waals surface area contributed by atoms with Gasteiger partial charge in [-0.1, -0.05) is 23.2 Å². The molecule has 0 saturated carbocycles. The van der Waals surface area contributed by atoms with E-state index in [9.17, 15) is 4.79 Å². The lowest BCUT2D eigenvalue weighted by molar-refractivity contribution is 0.173. The van der Waals surface area contributed by atoms with E-state index in [0.29, 0.717) is 28.1 Å². The first kappa shape index (κ1) is 15.9. The molecule has 0 unspecified atom stereocenters. The number of rotatable bonds is 5. The van der Waals surface area contributed by atoms with Crippen LogP contribution in [-0.2, 0) is 4.74 Å². The Bertz CT molecular complexity index is 432. The Morgan fingerprint density at radius 1 is 1.32 bits per heavy atom. The summed E-state index contributed by atoms with van der Waals surface area (Å²) in [6.07, 6.45) is 0. The van der Waals surface area contributed by atoms with Crippen molar-refractivity contribution in [1.29, 1.82) is 0 Å². The molecule has 2 amide bonds. The zero-order valence-corrected chi connectivity index (χ0v) is 12.4. The van der Waals surface area contributed by atoms with E-state index < -0.39 is 0 Å². The van der Waals surface area contributed by atoms with Crippen LogP contribution in [0.1, 0.15) is 6.92 Å². The first-order valence-electron chi connectivity index (χ1n) is 5.57. The van der Waals surface area contributed by atoms with Gasteiger partial charge in [0.25, 0.3) is 0 Å². The van der Waals surface area contributed by atoms with Crippen LogP contribution < -0.4 is 15.4 Å². The summed E-state index contributed by atoms with van der Waals surface area (Å²) >= 11 is 11.9. The fourth-order valence-electron chi connectivity index (χ4n) is 1.51. The summed E-state index contributed by atoms with van der Waals surface area (Å²) in [5.74, 6) is 0.377. The normalized spacial score (nSPS) is 11.8. The van der Waals surface area contributed by atoms with E-state index in [1.54, 1.807) is 19.2 Å². The molecular formula is C12H16Cl2N2O3. The Balaban J connectivity index is 2.70. The molecule has 0 aliphatic heterocycles. The van der Waals surface area contributed by atoms with Crippen molar-refractivity contribution in [3.05, 3.63) is 22.2 Å². The standard InChI is InChI=1S/C12H16Cl2N2O3/c1-7(6-18-2)15-12(17)16-8-4-9(13)11(19-3)10(14)5-8/h4-5,7H,6H2,1-3H3,(H2,15,16,17)/t7-/m1/s1.